The van der Waals surface area contributed by atoms with Crippen LogP contribution in [0.15, 0.2) is 133 Å². The summed E-state index contributed by atoms with van der Waals surface area (Å²) in [6, 6.07) is 49.3. The minimum atomic E-state index is 1.27. The molecule has 7 aromatic carbocycles. The van der Waals surface area contributed by atoms with Crippen molar-refractivity contribution in [2.24, 2.45) is 0 Å². The molecule has 0 atom stereocenters. The summed E-state index contributed by atoms with van der Waals surface area (Å²) >= 11 is 3.80. The smallest absolute Gasteiger partial charge is 0.0361 e. The lowest BCUT2D eigenvalue weighted by Gasteiger charge is -2.06. The summed E-state index contributed by atoms with van der Waals surface area (Å²) in [5.74, 6) is 0. The minimum Gasteiger partial charge on any atom is -0.135 e. The highest BCUT2D eigenvalue weighted by molar-refractivity contribution is 7.26. The molecule has 0 aliphatic heterocycles. The van der Waals surface area contributed by atoms with Gasteiger partial charge in [-0.25, -0.2) is 0 Å². The quantitative estimate of drug-likeness (QED) is 0.204. The maximum Gasteiger partial charge on any atom is 0.0361 e. The summed E-state index contributed by atoms with van der Waals surface area (Å²) in [4.78, 5) is 0. The van der Waals surface area contributed by atoms with E-state index in [4.69, 9.17) is 0 Å². The number of fused-ring (bicyclic) bond motifs is 10. The van der Waals surface area contributed by atoms with Crippen LogP contribution < -0.4 is 0 Å². The van der Waals surface area contributed by atoms with Crippen molar-refractivity contribution in [3.63, 3.8) is 0 Å². The summed E-state index contributed by atoms with van der Waals surface area (Å²) in [6.07, 6.45) is 0. The molecule has 0 unspecified atom stereocenters. The molecule has 0 saturated heterocycles. The molecule has 9 aromatic rings. The van der Waals surface area contributed by atoms with E-state index in [1.54, 1.807) is 0 Å². The second-order valence-electron chi connectivity index (χ2n) is 10.5. The Labute approximate surface area is 239 Å². The molecular formula is C38H22S2. The summed E-state index contributed by atoms with van der Waals surface area (Å²) in [5, 5.41) is 10.7. The average Bonchev–Trinajstić information content (AvgIpc) is 3.58. The maximum atomic E-state index is 2.37. The van der Waals surface area contributed by atoms with Crippen molar-refractivity contribution in [3.05, 3.63) is 133 Å². The lowest BCUT2D eigenvalue weighted by Crippen LogP contribution is -1.80. The van der Waals surface area contributed by atoms with E-state index in [2.05, 4.69) is 133 Å². The van der Waals surface area contributed by atoms with Crippen LogP contribution in [0, 0.1) is 0 Å². The van der Waals surface area contributed by atoms with E-state index in [1.165, 1.54) is 84.1 Å². The summed E-state index contributed by atoms with van der Waals surface area (Å²) in [5.41, 5.74) is 5.08. The van der Waals surface area contributed by atoms with Gasteiger partial charge in [-0.1, -0.05) is 103 Å². The van der Waals surface area contributed by atoms with Crippen molar-refractivity contribution in [3.8, 4) is 22.3 Å². The minimum absolute atomic E-state index is 1.27. The van der Waals surface area contributed by atoms with E-state index >= 15 is 0 Å². The Morgan fingerprint density at radius 2 is 0.800 bits per heavy atom. The molecule has 0 bridgehead atoms. The Bertz CT molecular complexity index is 2420. The van der Waals surface area contributed by atoms with Gasteiger partial charge in [-0.3, -0.25) is 0 Å². The van der Waals surface area contributed by atoms with Gasteiger partial charge >= 0.3 is 0 Å². The third kappa shape index (κ3) is 3.30. The van der Waals surface area contributed by atoms with Gasteiger partial charge in [0.15, 0.2) is 0 Å². The van der Waals surface area contributed by atoms with E-state index in [9.17, 15) is 0 Å². The molecule has 2 heteroatoms. The molecule has 2 aromatic heterocycles. The highest BCUT2D eigenvalue weighted by Gasteiger charge is 2.15. The first-order chi connectivity index (χ1) is 19.8. The number of benzene rings is 7. The Balaban J connectivity index is 1.24. The van der Waals surface area contributed by atoms with Gasteiger partial charge < -0.3 is 0 Å². The lowest BCUT2D eigenvalue weighted by molar-refractivity contribution is 1.66. The number of thiophene rings is 2. The monoisotopic (exact) mass is 542 g/mol. The SMILES string of the molecule is c1ccc(-c2ccc3c(c2)sc2ccc4c(ccc5sc6cc(-c7ccc8ccccc8c7)ccc6c54)c23)cc1. The number of rotatable bonds is 2. The third-order valence-electron chi connectivity index (χ3n) is 8.26. The zero-order valence-electron chi connectivity index (χ0n) is 21.5. The lowest BCUT2D eigenvalue weighted by atomic mass is 9.97. The molecule has 0 nitrogen and oxygen atoms in total. The van der Waals surface area contributed by atoms with Crippen LogP contribution in [-0.4, -0.2) is 0 Å². The van der Waals surface area contributed by atoms with Crippen LogP contribution in [0.1, 0.15) is 0 Å². The first kappa shape index (κ1) is 22.3. The number of hydrogen-bond acceptors (Lipinski definition) is 2. The highest BCUT2D eigenvalue weighted by Crippen LogP contribution is 2.45. The van der Waals surface area contributed by atoms with Gasteiger partial charge in [0, 0.05) is 40.3 Å². The largest absolute Gasteiger partial charge is 0.135 e. The van der Waals surface area contributed by atoms with Crippen molar-refractivity contribution in [1.82, 2.24) is 0 Å². The van der Waals surface area contributed by atoms with Crippen LogP contribution in [0.3, 0.4) is 0 Å². The van der Waals surface area contributed by atoms with Gasteiger partial charge in [0.05, 0.1) is 0 Å². The molecule has 2 heterocycles. The first-order valence-electron chi connectivity index (χ1n) is 13.6. The third-order valence-corrected chi connectivity index (χ3v) is 10.5. The van der Waals surface area contributed by atoms with E-state index in [0.29, 0.717) is 0 Å². The van der Waals surface area contributed by atoms with Crippen molar-refractivity contribution in [1.29, 1.82) is 0 Å². The second-order valence-corrected chi connectivity index (χ2v) is 12.7. The van der Waals surface area contributed by atoms with Crippen LogP contribution >= 0.6 is 22.7 Å². The van der Waals surface area contributed by atoms with Crippen LogP contribution in [-0.2, 0) is 0 Å². The van der Waals surface area contributed by atoms with Crippen LogP contribution in [0.5, 0.6) is 0 Å². The Morgan fingerprint density at radius 1 is 0.300 bits per heavy atom. The molecule has 0 saturated carbocycles. The topological polar surface area (TPSA) is 0 Å². The van der Waals surface area contributed by atoms with Gasteiger partial charge in [0.1, 0.15) is 0 Å². The van der Waals surface area contributed by atoms with E-state index < -0.39 is 0 Å². The molecular weight excluding hydrogens is 521 g/mol. The average molecular weight is 543 g/mol. The van der Waals surface area contributed by atoms with Gasteiger partial charge in [-0.2, -0.15) is 0 Å². The molecule has 0 spiro atoms. The number of hydrogen-bond donors (Lipinski definition) is 0. The zero-order chi connectivity index (χ0) is 26.2. The summed E-state index contributed by atoms with van der Waals surface area (Å²) in [6.45, 7) is 0. The maximum absolute atomic E-state index is 2.37. The van der Waals surface area contributed by atoms with Gasteiger partial charge in [0.2, 0.25) is 0 Å². The van der Waals surface area contributed by atoms with Crippen LogP contribution in [0.4, 0.5) is 0 Å². The zero-order valence-corrected chi connectivity index (χ0v) is 23.2. The summed E-state index contributed by atoms with van der Waals surface area (Å²) in [7, 11) is 0. The van der Waals surface area contributed by atoms with E-state index in [1.807, 2.05) is 22.7 Å². The molecule has 9 rings (SSSR count). The molecule has 0 N–H and O–H groups in total. The van der Waals surface area contributed by atoms with E-state index in [-0.39, 0.29) is 0 Å². The molecule has 40 heavy (non-hydrogen) atoms. The van der Waals surface area contributed by atoms with Crippen molar-refractivity contribution in [2.75, 3.05) is 0 Å². The Morgan fingerprint density at radius 3 is 1.45 bits per heavy atom. The van der Waals surface area contributed by atoms with Crippen LogP contribution in [0.25, 0.3) is 84.1 Å². The predicted molar refractivity (Wildman–Crippen MR) is 178 cm³/mol. The molecule has 0 aliphatic carbocycles. The van der Waals surface area contributed by atoms with Gasteiger partial charge in [-0.15, -0.1) is 22.7 Å². The Hall–Kier alpha value is -4.50. The normalized spacial score (nSPS) is 12.0. The first-order valence-corrected chi connectivity index (χ1v) is 15.2. The second kappa shape index (κ2) is 8.50. The summed E-state index contributed by atoms with van der Waals surface area (Å²) < 4.78 is 5.39. The van der Waals surface area contributed by atoms with Crippen LogP contribution in [0.2, 0.25) is 0 Å². The Kier molecular flexibility index (Phi) is 4.74. The molecule has 0 fully saturated rings. The molecule has 0 radical (unpaired) electrons. The van der Waals surface area contributed by atoms with Crippen molar-refractivity contribution in [2.45, 2.75) is 0 Å². The fourth-order valence-corrected chi connectivity index (χ4v) is 8.64. The van der Waals surface area contributed by atoms with Gasteiger partial charge in [0.25, 0.3) is 0 Å². The van der Waals surface area contributed by atoms with Crippen molar-refractivity contribution >= 4 is 84.6 Å². The standard InChI is InChI=1S/C38H22S2/c1-2-6-23(7-3-1)27-12-14-31-35(21-27)39-33-18-16-30-29(37(31)33)17-19-34-38(30)32-15-13-28(22-36(32)40-34)26-11-10-24-8-4-5-9-25(24)20-26/h1-22H. The molecule has 186 valence electrons. The molecule has 0 amide bonds. The fourth-order valence-electron chi connectivity index (χ4n) is 6.31. The fraction of sp³-hybridized carbons (Fsp3) is 0. The molecule has 0 aliphatic rings. The predicted octanol–water partition coefficient (Wildman–Crippen LogP) is 12.1. The van der Waals surface area contributed by atoms with E-state index in [0.717, 1.165) is 0 Å². The van der Waals surface area contributed by atoms with Gasteiger partial charge in [-0.05, 0) is 74.1 Å². The van der Waals surface area contributed by atoms with Crippen molar-refractivity contribution < 1.29 is 0 Å². The highest BCUT2D eigenvalue weighted by atomic mass is 32.1.